The fourth-order valence-corrected chi connectivity index (χ4v) is 3.29. The first-order chi connectivity index (χ1) is 9.71. The topological polar surface area (TPSA) is 24.5 Å². The van der Waals surface area contributed by atoms with Gasteiger partial charge >= 0.3 is 0 Å². The Morgan fingerprint density at radius 2 is 2.20 bits per heavy atom. The van der Waals surface area contributed by atoms with E-state index in [0.717, 1.165) is 5.75 Å². The first-order valence-corrected chi connectivity index (χ1v) is 7.75. The number of nitrogens with one attached hydrogen (secondary N) is 1. The van der Waals surface area contributed by atoms with Gasteiger partial charge in [-0.15, -0.1) is 0 Å². The van der Waals surface area contributed by atoms with Gasteiger partial charge in [-0.1, -0.05) is 19.4 Å². The molecule has 0 spiro atoms. The third-order valence-corrected chi connectivity index (χ3v) is 4.52. The van der Waals surface area contributed by atoms with Crippen LogP contribution in [0.5, 0.6) is 5.75 Å². The summed E-state index contributed by atoms with van der Waals surface area (Å²) >= 11 is 0. The van der Waals surface area contributed by atoms with E-state index in [1.54, 1.807) is 7.11 Å². The maximum atomic E-state index is 5.39. The first-order valence-electron chi connectivity index (χ1n) is 7.75. The molecule has 0 amide bonds. The lowest BCUT2D eigenvalue weighted by molar-refractivity contribution is 0.175. The van der Waals surface area contributed by atoms with Gasteiger partial charge < -0.3 is 15.0 Å². The minimum atomic E-state index is 0.399. The van der Waals surface area contributed by atoms with Crippen LogP contribution in [0.4, 0.5) is 0 Å². The minimum Gasteiger partial charge on any atom is -0.497 e. The van der Waals surface area contributed by atoms with Crippen LogP contribution in [0.3, 0.4) is 0 Å². The molecule has 1 N–H and O–H groups in total. The summed E-state index contributed by atoms with van der Waals surface area (Å²) in [7, 11) is 6.07. The van der Waals surface area contributed by atoms with Crippen molar-refractivity contribution in [1.82, 2.24) is 10.2 Å². The number of likely N-dealkylation sites (N-methyl/N-ethyl adjacent to an activating group) is 2. The average Bonchev–Trinajstić information content (AvgIpc) is 2.50. The molecule has 2 unspecified atom stereocenters. The molecule has 1 aromatic rings. The third kappa shape index (κ3) is 3.15. The van der Waals surface area contributed by atoms with Crippen LogP contribution in [-0.4, -0.2) is 38.7 Å². The second kappa shape index (κ2) is 7.09. The monoisotopic (exact) mass is 276 g/mol. The lowest BCUT2D eigenvalue weighted by Crippen LogP contribution is -2.45. The summed E-state index contributed by atoms with van der Waals surface area (Å²) in [6, 6.07) is 7.48. The molecular formula is C17H28N2O. The summed E-state index contributed by atoms with van der Waals surface area (Å²) < 4.78 is 5.39. The molecule has 1 aliphatic rings. The standard InChI is InChI=1S/C17H28N2O/c1-5-6-11-19(3)16-10-8-13-7-9-14(20-4)12-15(13)17(16)18-2/h7,9,12,16-18H,5-6,8,10-11H2,1-4H3. The Morgan fingerprint density at radius 1 is 1.40 bits per heavy atom. The van der Waals surface area contributed by atoms with Crippen molar-refractivity contribution in [3.63, 3.8) is 0 Å². The molecule has 0 saturated heterocycles. The summed E-state index contributed by atoms with van der Waals surface area (Å²) in [5, 5.41) is 3.52. The Balaban J connectivity index is 2.22. The zero-order valence-electron chi connectivity index (χ0n) is 13.3. The Hall–Kier alpha value is -1.06. The van der Waals surface area contributed by atoms with Gasteiger partial charge in [-0.3, -0.25) is 0 Å². The molecule has 1 aromatic carbocycles. The summed E-state index contributed by atoms with van der Waals surface area (Å²) in [5.74, 6) is 0.959. The van der Waals surface area contributed by atoms with Gasteiger partial charge in [0.25, 0.3) is 0 Å². The van der Waals surface area contributed by atoms with Crippen molar-refractivity contribution in [3.8, 4) is 5.75 Å². The number of fused-ring (bicyclic) bond motifs is 1. The number of hydrogen-bond donors (Lipinski definition) is 1. The van der Waals surface area contributed by atoms with Crippen LogP contribution in [-0.2, 0) is 6.42 Å². The van der Waals surface area contributed by atoms with Crippen LogP contribution in [0.2, 0.25) is 0 Å². The lowest BCUT2D eigenvalue weighted by atomic mass is 9.83. The number of unbranched alkanes of at least 4 members (excludes halogenated alkanes) is 1. The van der Waals surface area contributed by atoms with E-state index in [2.05, 4.69) is 49.4 Å². The van der Waals surface area contributed by atoms with Crippen molar-refractivity contribution in [1.29, 1.82) is 0 Å². The molecule has 2 rings (SSSR count). The summed E-state index contributed by atoms with van der Waals surface area (Å²) in [6.07, 6.45) is 4.92. The molecule has 0 aromatic heterocycles. The molecule has 0 fully saturated rings. The van der Waals surface area contributed by atoms with Crippen LogP contribution in [0, 0.1) is 0 Å². The number of ether oxygens (including phenoxy) is 1. The van der Waals surface area contributed by atoms with Crippen LogP contribution in [0.15, 0.2) is 18.2 Å². The van der Waals surface area contributed by atoms with Gasteiger partial charge in [-0.05, 0) is 63.2 Å². The van der Waals surface area contributed by atoms with Crippen molar-refractivity contribution >= 4 is 0 Å². The fourth-order valence-electron chi connectivity index (χ4n) is 3.29. The van der Waals surface area contributed by atoms with Gasteiger partial charge in [0, 0.05) is 12.1 Å². The van der Waals surface area contributed by atoms with E-state index in [0.29, 0.717) is 12.1 Å². The van der Waals surface area contributed by atoms with Gasteiger partial charge in [0.2, 0.25) is 0 Å². The minimum absolute atomic E-state index is 0.399. The van der Waals surface area contributed by atoms with Crippen molar-refractivity contribution in [2.45, 2.75) is 44.7 Å². The smallest absolute Gasteiger partial charge is 0.119 e. The highest BCUT2D eigenvalue weighted by molar-refractivity contribution is 5.40. The molecule has 0 bridgehead atoms. The van der Waals surface area contributed by atoms with Gasteiger partial charge in [-0.25, -0.2) is 0 Å². The van der Waals surface area contributed by atoms with Gasteiger partial charge in [0.15, 0.2) is 0 Å². The van der Waals surface area contributed by atoms with E-state index in [1.165, 1.54) is 43.4 Å². The molecule has 112 valence electrons. The predicted octanol–water partition coefficient (Wildman–Crippen LogP) is 3.00. The lowest BCUT2D eigenvalue weighted by Gasteiger charge is -2.39. The summed E-state index contributed by atoms with van der Waals surface area (Å²) in [4.78, 5) is 2.52. The van der Waals surface area contributed by atoms with E-state index in [9.17, 15) is 0 Å². The van der Waals surface area contributed by atoms with Crippen molar-refractivity contribution < 1.29 is 4.74 Å². The van der Waals surface area contributed by atoms with Gasteiger partial charge in [-0.2, -0.15) is 0 Å². The molecule has 0 heterocycles. The molecule has 0 aliphatic heterocycles. The molecule has 20 heavy (non-hydrogen) atoms. The summed E-state index contributed by atoms with van der Waals surface area (Å²) in [5.41, 5.74) is 2.87. The van der Waals surface area contributed by atoms with E-state index < -0.39 is 0 Å². The van der Waals surface area contributed by atoms with Crippen molar-refractivity contribution in [2.24, 2.45) is 0 Å². The maximum absolute atomic E-state index is 5.39. The molecule has 1 aliphatic carbocycles. The molecule has 3 nitrogen and oxygen atoms in total. The van der Waals surface area contributed by atoms with Crippen LogP contribution >= 0.6 is 0 Å². The average molecular weight is 276 g/mol. The molecular weight excluding hydrogens is 248 g/mol. The van der Waals surface area contributed by atoms with Crippen LogP contribution in [0.1, 0.15) is 43.4 Å². The van der Waals surface area contributed by atoms with E-state index in [-0.39, 0.29) is 0 Å². The molecule has 3 heteroatoms. The number of hydrogen-bond acceptors (Lipinski definition) is 3. The second-order valence-corrected chi connectivity index (χ2v) is 5.77. The number of aryl methyl sites for hydroxylation is 1. The summed E-state index contributed by atoms with van der Waals surface area (Å²) in [6.45, 7) is 3.43. The zero-order chi connectivity index (χ0) is 14.5. The zero-order valence-corrected chi connectivity index (χ0v) is 13.3. The number of methoxy groups -OCH3 is 1. The van der Waals surface area contributed by atoms with Crippen LogP contribution < -0.4 is 10.1 Å². The normalized spacial score (nSPS) is 21.9. The number of nitrogens with zero attached hydrogens (tertiary/aromatic N) is 1. The Labute approximate surface area is 123 Å². The Kier molecular flexibility index (Phi) is 5.44. The SMILES string of the molecule is CCCCN(C)C1CCc2ccc(OC)cc2C1NC. The van der Waals surface area contributed by atoms with Crippen LogP contribution in [0.25, 0.3) is 0 Å². The maximum Gasteiger partial charge on any atom is 0.119 e. The Morgan fingerprint density at radius 3 is 2.85 bits per heavy atom. The largest absolute Gasteiger partial charge is 0.497 e. The Bertz CT molecular complexity index is 433. The highest BCUT2D eigenvalue weighted by Crippen LogP contribution is 2.34. The van der Waals surface area contributed by atoms with E-state index >= 15 is 0 Å². The molecule has 2 atom stereocenters. The highest BCUT2D eigenvalue weighted by atomic mass is 16.5. The van der Waals surface area contributed by atoms with Gasteiger partial charge in [0.1, 0.15) is 5.75 Å². The number of rotatable bonds is 6. The predicted molar refractivity (Wildman–Crippen MR) is 84.4 cm³/mol. The van der Waals surface area contributed by atoms with E-state index in [4.69, 9.17) is 4.74 Å². The molecule has 0 radical (unpaired) electrons. The van der Waals surface area contributed by atoms with Gasteiger partial charge in [0.05, 0.1) is 7.11 Å². The second-order valence-electron chi connectivity index (χ2n) is 5.77. The van der Waals surface area contributed by atoms with E-state index in [1.807, 2.05) is 0 Å². The number of benzene rings is 1. The molecule has 0 saturated carbocycles. The first kappa shape index (κ1) is 15.3. The quantitative estimate of drug-likeness (QED) is 0.864. The van der Waals surface area contributed by atoms with Crippen molar-refractivity contribution in [2.75, 3.05) is 27.7 Å². The fraction of sp³-hybridized carbons (Fsp3) is 0.647. The third-order valence-electron chi connectivity index (χ3n) is 4.52. The highest BCUT2D eigenvalue weighted by Gasteiger charge is 2.31. The van der Waals surface area contributed by atoms with Crippen molar-refractivity contribution in [3.05, 3.63) is 29.3 Å².